The first-order valence-electron chi connectivity index (χ1n) is 7.07. The number of non-ortho nitro benzene ring substituents is 1. The first kappa shape index (κ1) is 15.5. The van der Waals surface area contributed by atoms with Crippen molar-refractivity contribution in [1.29, 1.82) is 0 Å². The molecule has 0 bridgehead atoms. The molecule has 2 rings (SSSR count). The molecule has 0 aliphatic heterocycles. The number of nitro groups is 1. The van der Waals surface area contributed by atoms with Crippen molar-refractivity contribution in [3.8, 4) is 5.75 Å². The number of benzene rings is 1. The molecule has 1 aromatic carbocycles. The van der Waals surface area contributed by atoms with E-state index in [2.05, 4.69) is 10.6 Å². The molecule has 1 fully saturated rings. The minimum atomic E-state index is -0.485. The second-order valence-electron chi connectivity index (χ2n) is 5.23. The Balaban J connectivity index is 1.88. The van der Waals surface area contributed by atoms with E-state index in [1.54, 1.807) is 0 Å². The fourth-order valence-electron chi connectivity index (χ4n) is 2.49. The molecule has 1 aromatic rings. The Morgan fingerprint density at radius 2 is 2.10 bits per heavy atom. The molecule has 0 atom stereocenters. The summed E-state index contributed by atoms with van der Waals surface area (Å²) < 4.78 is 0. The molecule has 0 aromatic heterocycles. The third-order valence-electron chi connectivity index (χ3n) is 3.65. The van der Waals surface area contributed by atoms with Gasteiger partial charge in [0.15, 0.2) is 5.11 Å². The fourth-order valence-corrected chi connectivity index (χ4v) is 2.72. The Morgan fingerprint density at radius 3 is 2.76 bits per heavy atom. The molecule has 7 heteroatoms. The third kappa shape index (κ3) is 4.56. The van der Waals surface area contributed by atoms with Crippen LogP contribution >= 0.6 is 12.2 Å². The number of nitro benzene ring substituents is 1. The molecule has 6 nitrogen and oxygen atoms in total. The molecule has 0 spiro atoms. The number of hydrogen-bond acceptors (Lipinski definition) is 4. The Bertz CT molecular complexity index is 530. The molecular weight excluding hydrogens is 290 g/mol. The number of phenolic OH excluding ortho intramolecular Hbond substituents is 1. The average Bonchev–Trinajstić information content (AvgIpc) is 2.47. The quantitative estimate of drug-likeness (QED) is 0.450. The lowest BCUT2D eigenvalue weighted by atomic mass is 9.96. The van der Waals surface area contributed by atoms with Crippen LogP contribution in [-0.4, -0.2) is 21.2 Å². The molecule has 1 aliphatic rings. The van der Waals surface area contributed by atoms with Crippen molar-refractivity contribution in [3.05, 3.63) is 33.9 Å². The van der Waals surface area contributed by atoms with Gasteiger partial charge in [-0.1, -0.05) is 19.3 Å². The lowest BCUT2D eigenvalue weighted by Crippen LogP contribution is -2.42. The van der Waals surface area contributed by atoms with Crippen molar-refractivity contribution in [2.75, 3.05) is 0 Å². The summed E-state index contributed by atoms with van der Waals surface area (Å²) in [5.41, 5.74) is 0.410. The van der Waals surface area contributed by atoms with Crippen LogP contribution in [0.3, 0.4) is 0 Å². The van der Waals surface area contributed by atoms with Crippen LogP contribution in [0.5, 0.6) is 5.75 Å². The maximum atomic E-state index is 10.7. The molecule has 0 heterocycles. The maximum absolute atomic E-state index is 10.7. The summed E-state index contributed by atoms with van der Waals surface area (Å²) in [7, 11) is 0. The minimum Gasteiger partial charge on any atom is -0.508 e. The van der Waals surface area contributed by atoms with Crippen LogP contribution in [0.4, 0.5) is 5.69 Å². The van der Waals surface area contributed by atoms with E-state index in [0.717, 1.165) is 12.8 Å². The molecule has 114 valence electrons. The number of rotatable bonds is 4. The highest BCUT2D eigenvalue weighted by Crippen LogP contribution is 2.22. The van der Waals surface area contributed by atoms with Crippen LogP contribution < -0.4 is 10.6 Å². The molecule has 21 heavy (non-hydrogen) atoms. The summed E-state index contributed by atoms with van der Waals surface area (Å²) in [4.78, 5) is 10.2. The number of phenols is 1. The molecule has 1 saturated carbocycles. The van der Waals surface area contributed by atoms with Gasteiger partial charge in [-0.2, -0.15) is 0 Å². The minimum absolute atomic E-state index is 0.0218. The number of nitrogens with one attached hydrogen (secondary N) is 2. The number of hydrogen-bond donors (Lipinski definition) is 3. The summed E-state index contributed by atoms with van der Waals surface area (Å²) in [6, 6.07) is 4.35. The normalized spacial score (nSPS) is 15.4. The predicted octanol–water partition coefficient (Wildman–Crippen LogP) is 2.60. The van der Waals surface area contributed by atoms with E-state index in [4.69, 9.17) is 12.2 Å². The highest BCUT2D eigenvalue weighted by Gasteiger charge is 2.14. The van der Waals surface area contributed by atoms with Crippen LogP contribution in [0, 0.1) is 10.1 Å². The molecule has 0 amide bonds. The van der Waals surface area contributed by atoms with E-state index in [0.29, 0.717) is 16.7 Å². The van der Waals surface area contributed by atoms with Gasteiger partial charge in [0.2, 0.25) is 0 Å². The molecule has 3 N–H and O–H groups in total. The van der Waals surface area contributed by atoms with Crippen LogP contribution in [0.25, 0.3) is 0 Å². The number of thiocarbonyl (C=S) groups is 1. The van der Waals surface area contributed by atoms with Crippen molar-refractivity contribution >= 4 is 23.0 Å². The highest BCUT2D eigenvalue weighted by molar-refractivity contribution is 7.80. The molecule has 1 aliphatic carbocycles. The summed E-state index contributed by atoms with van der Waals surface area (Å²) in [5.74, 6) is 0.0218. The summed E-state index contributed by atoms with van der Waals surface area (Å²) in [6.45, 7) is 0.256. The van der Waals surface area contributed by atoms with Gasteiger partial charge in [0.05, 0.1) is 4.92 Å². The van der Waals surface area contributed by atoms with E-state index in [1.165, 1.54) is 37.5 Å². The number of nitrogens with zero attached hydrogens (tertiary/aromatic N) is 1. The van der Waals surface area contributed by atoms with E-state index in [9.17, 15) is 15.2 Å². The van der Waals surface area contributed by atoms with Crippen molar-refractivity contribution in [2.24, 2.45) is 0 Å². The van der Waals surface area contributed by atoms with Gasteiger partial charge in [0.1, 0.15) is 5.75 Å². The van der Waals surface area contributed by atoms with Crippen LogP contribution in [0.1, 0.15) is 37.7 Å². The van der Waals surface area contributed by atoms with E-state index < -0.39 is 4.92 Å². The van der Waals surface area contributed by atoms with Gasteiger partial charge < -0.3 is 15.7 Å². The van der Waals surface area contributed by atoms with Crippen molar-refractivity contribution in [3.63, 3.8) is 0 Å². The topological polar surface area (TPSA) is 87.4 Å². The molecule has 0 unspecified atom stereocenters. The zero-order valence-corrected chi connectivity index (χ0v) is 12.5. The molecule has 0 saturated heterocycles. The Labute approximate surface area is 128 Å². The van der Waals surface area contributed by atoms with Crippen molar-refractivity contribution < 1.29 is 10.0 Å². The lowest BCUT2D eigenvalue weighted by Gasteiger charge is -2.24. The third-order valence-corrected chi connectivity index (χ3v) is 3.92. The highest BCUT2D eigenvalue weighted by atomic mass is 32.1. The van der Waals surface area contributed by atoms with Crippen LogP contribution in [-0.2, 0) is 6.54 Å². The van der Waals surface area contributed by atoms with Crippen molar-refractivity contribution in [1.82, 2.24) is 10.6 Å². The second kappa shape index (κ2) is 7.21. The van der Waals surface area contributed by atoms with Gasteiger partial charge in [0, 0.05) is 30.3 Å². The monoisotopic (exact) mass is 309 g/mol. The smallest absolute Gasteiger partial charge is 0.270 e. The van der Waals surface area contributed by atoms with Gasteiger partial charge in [-0.05, 0) is 31.1 Å². The number of aromatic hydroxyl groups is 1. The zero-order valence-electron chi connectivity index (χ0n) is 11.7. The zero-order chi connectivity index (χ0) is 15.2. The Morgan fingerprint density at radius 1 is 1.38 bits per heavy atom. The first-order chi connectivity index (χ1) is 10.1. The van der Waals surface area contributed by atoms with Crippen LogP contribution in [0.2, 0.25) is 0 Å². The predicted molar refractivity (Wildman–Crippen MR) is 84.2 cm³/mol. The van der Waals surface area contributed by atoms with E-state index >= 15 is 0 Å². The Kier molecular flexibility index (Phi) is 5.32. The Hall–Kier alpha value is -1.89. The average molecular weight is 309 g/mol. The van der Waals surface area contributed by atoms with Gasteiger partial charge in [-0.3, -0.25) is 10.1 Å². The van der Waals surface area contributed by atoms with E-state index in [-0.39, 0.29) is 18.0 Å². The maximum Gasteiger partial charge on any atom is 0.270 e. The summed E-state index contributed by atoms with van der Waals surface area (Å²) >= 11 is 5.22. The second-order valence-corrected chi connectivity index (χ2v) is 5.64. The largest absolute Gasteiger partial charge is 0.508 e. The van der Waals surface area contributed by atoms with Crippen molar-refractivity contribution in [2.45, 2.75) is 44.7 Å². The van der Waals surface area contributed by atoms with Gasteiger partial charge >= 0.3 is 0 Å². The van der Waals surface area contributed by atoms with Gasteiger partial charge in [-0.15, -0.1) is 0 Å². The van der Waals surface area contributed by atoms with Gasteiger partial charge in [0.25, 0.3) is 5.69 Å². The first-order valence-corrected chi connectivity index (χ1v) is 7.48. The molecule has 0 radical (unpaired) electrons. The van der Waals surface area contributed by atoms with E-state index in [1.807, 2.05) is 0 Å². The van der Waals surface area contributed by atoms with Gasteiger partial charge in [-0.25, -0.2) is 0 Å². The standard InChI is InChI=1S/C14H19N3O3S/c18-13-7-6-12(17(19)20)8-10(13)9-15-14(21)16-11-4-2-1-3-5-11/h6-8,11,18H,1-5,9H2,(H2,15,16,21). The summed E-state index contributed by atoms with van der Waals surface area (Å²) in [6.07, 6.45) is 5.94. The molecular formula is C14H19N3O3S. The fraction of sp³-hybridized carbons (Fsp3) is 0.500. The lowest BCUT2D eigenvalue weighted by molar-refractivity contribution is -0.384. The SMILES string of the molecule is O=[N+]([O-])c1ccc(O)c(CNC(=S)NC2CCCCC2)c1. The van der Waals surface area contributed by atoms with Crippen LogP contribution in [0.15, 0.2) is 18.2 Å². The summed E-state index contributed by atoms with van der Waals surface area (Å²) in [5, 5.41) is 27.2.